The van der Waals surface area contributed by atoms with Gasteiger partial charge in [-0.25, -0.2) is 0 Å². The third-order valence-electron chi connectivity index (χ3n) is 8.15. The van der Waals surface area contributed by atoms with Crippen LogP contribution in [0.2, 0.25) is 0 Å². The lowest BCUT2D eigenvalue weighted by Gasteiger charge is -2.32. The third kappa shape index (κ3) is 4.93. The Kier molecular flexibility index (Phi) is 6.56. The van der Waals surface area contributed by atoms with Gasteiger partial charge in [0, 0.05) is 49.5 Å². The molecular weight excluding hydrogens is 485 g/mol. The molecule has 9 nitrogen and oxygen atoms in total. The van der Waals surface area contributed by atoms with Crippen molar-refractivity contribution in [3.05, 3.63) is 30.0 Å². The van der Waals surface area contributed by atoms with Crippen molar-refractivity contribution in [3.8, 4) is 11.8 Å². The van der Waals surface area contributed by atoms with Gasteiger partial charge in [-0.3, -0.25) is 4.90 Å². The first-order chi connectivity index (χ1) is 18.1. The van der Waals surface area contributed by atoms with E-state index in [4.69, 9.17) is 9.72 Å². The molecule has 0 unspecified atom stereocenters. The lowest BCUT2D eigenvalue weighted by molar-refractivity contribution is 0.285. The monoisotopic (exact) mass is 519 g/mol. The summed E-state index contributed by atoms with van der Waals surface area (Å²) in [5.41, 5.74) is 1.84. The molecule has 3 aromatic rings. The Morgan fingerprint density at radius 1 is 1.19 bits per heavy atom. The van der Waals surface area contributed by atoms with Crippen LogP contribution < -0.4 is 20.7 Å². The van der Waals surface area contributed by atoms with E-state index in [1.165, 1.54) is 38.5 Å². The molecule has 1 aliphatic heterocycles. The fourth-order valence-electron chi connectivity index (χ4n) is 5.78. The topological polar surface area (TPSA) is 119 Å². The van der Waals surface area contributed by atoms with Crippen LogP contribution in [0, 0.1) is 17.2 Å². The normalized spacial score (nSPS) is 20.1. The standard InChI is InChI=1S/C27H34N7O2P/c1-36-23-14-21(37(35)12-10-34(11-13-37)20-6-7-20)8-9-22(23)31-27-32-25(29-16-18-4-2-3-5-18)24-19(15-28)17-30-26(24)33-27/h8-9,14,17-18,20H,2-7,10-13,16H2,1H3,(H3,29,30,31,32,33). The van der Waals surface area contributed by atoms with Gasteiger partial charge in [0.25, 0.3) is 0 Å². The molecule has 3 aliphatic rings. The van der Waals surface area contributed by atoms with Crippen molar-refractivity contribution in [3.63, 3.8) is 0 Å². The van der Waals surface area contributed by atoms with Crippen LogP contribution in [0.15, 0.2) is 24.4 Å². The molecule has 6 rings (SSSR count). The minimum atomic E-state index is -2.44. The molecule has 0 atom stereocenters. The predicted octanol–water partition coefficient (Wildman–Crippen LogP) is 4.65. The number of ether oxygens (including phenoxy) is 1. The maximum absolute atomic E-state index is 13.8. The number of H-pyrrole nitrogens is 1. The second-order valence-electron chi connectivity index (χ2n) is 10.6. The summed E-state index contributed by atoms with van der Waals surface area (Å²) in [5, 5.41) is 18.0. The number of nitrogens with one attached hydrogen (secondary N) is 3. The number of hydrogen-bond donors (Lipinski definition) is 3. The van der Waals surface area contributed by atoms with Crippen LogP contribution in [0.25, 0.3) is 11.0 Å². The molecule has 37 heavy (non-hydrogen) atoms. The van der Waals surface area contributed by atoms with Gasteiger partial charge in [0.05, 0.1) is 23.7 Å². The number of aromatic nitrogens is 3. The summed E-state index contributed by atoms with van der Waals surface area (Å²) in [7, 11) is -0.821. The van der Waals surface area contributed by atoms with Crippen molar-refractivity contribution >= 4 is 40.9 Å². The lowest BCUT2D eigenvalue weighted by Crippen LogP contribution is -2.38. The summed E-state index contributed by atoms with van der Waals surface area (Å²) in [6.07, 6.45) is 10.7. The zero-order valence-electron chi connectivity index (χ0n) is 21.3. The zero-order chi connectivity index (χ0) is 25.4. The molecule has 0 bridgehead atoms. The Labute approximate surface area is 217 Å². The molecule has 3 fully saturated rings. The van der Waals surface area contributed by atoms with E-state index in [2.05, 4.69) is 31.6 Å². The molecule has 1 aromatic carbocycles. The van der Waals surface area contributed by atoms with E-state index in [-0.39, 0.29) is 0 Å². The van der Waals surface area contributed by atoms with Crippen molar-refractivity contribution in [1.29, 1.82) is 5.26 Å². The molecule has 3 heterocycles. The van der Waals surface area contributed by atoms with Crippen LogP contribution >= 0.6 is 7.14 Å². The van der Waals surface area contributed by atoms with Gasteiger partial charge >= 0.3 is 0 Å². The molecule has 10 heteroatoms. The third-order valence-corrected chi connectivity index (χ3v) is 11.2. The number of benzene rings is 1. The van der Waals surface area contributed by atoms with Crippen LogP contribution in [0.4, 0.5) is 17.5 Å². The van der Waals surface area contributed by atoms with E-state index in [9.17, 15) is 9.83 Å². The van der Waals surface area contributed by atoms with E-state index in [1.807, 2.05) is 18.2 Å². The fraction of sp³-hybridized carbons (Fsp3) is 0.519. The highest BCUT2D eigenvalue weighted by Gasteiger charge is 2.37. The quantitative estimate of drug-likeness (QED) is 0.368. The Balaban J connectivity index is 1.25. The number of hydrogen-bond acceptors (Lipinski definition) is 8. The Morgan fingerprint density at radius 3 is 2.68 bits per heavy atom. The van der Waals surface area contributed by atoms with Gasteiger partial charge in [-0.2, -0.15) is 15.2 Å². The van der Waals surface area contributed by atoms with Gasteiger partial charge in [-0.15, -0.1) is 0 Å². The van der Waals surface area contributed by atoms with Gasteiger partial charge in [0.15, 0.2) is 0 Å². The summed E-state index contributed by atoms with van der Waals surface area (Å²) in [6, 6.07) is 8.74. The Bertz CT molecular complexity index is 1380. The SMILES string of the molecule is COc1cc(P2(=O)CCN(C3CC3)CC2)ccc1Nc1nc(NCC2CCCC2)c2c(C#N)c[nH]c2n1. The summed E-state index contributed by atoms with van der Waals surface area (Å²) in [5.74, 6) is 2.30. The predicted molar refractivity (Wildman–Crippen MR) is 147 cm³/mol. The Morgan fingerprint density at radius 2 is 1.97 bits per heavy atom. The minimum absolute atomic E-state index is 0.406. The van der Waals surface area contributed by atoms with E-state index >= 15 is 0 Å². The number of anilines is 3. The fourth-order valence-corrected chi connectivity index (χ4v) is 8.38. The van der Waals surface area contributed by atoms with Crippen molar-refractivity contribution in [2.24, 2.45) is 5.92 Å². The van der Waals surface area contributed by atoms with Crippen molar-refractivity contribution in [2.75, 3.05) is 49.7 Å². The van der Waals surface area contributed by atoms with Gasteiger partial charge in [-0.05, 0) is 49.8 Å². The number of nitriles is 1. The molecule has 2 aliphatic carbocycles. The van der Waals surface area contributed by atoms with Crippen LogP contribution in [0.1, 0.15) is 44.1 Å². The second-order valence-corrected chi connectivity index (χ2v) is 13.8. The number of aromatic amines is 1. The average molecular weight is 520 g/mol. The summed E-state index contributed by atoms with van der Waals surface area (Å²) < 4.78 is 19.5. The minimum Gasteiger partial charge on any atom is -0.495 e. The number of methoxy groups -OCH3 is 1. The Hall–Kier alpha value is -3.08. The van der Waals surface area contributed by atoms with Crippen LogP contribution in [0.3, 0.4) is 0 Å². The first-order valence-electron chi connectivity index (χ1n) is 13.4. The maximum atomic E-state index is 13.8. The molecule has 1 saturated heterocycles. The van der Waals surface area contributed by atoms with Crippen LogP contribution in [0.5, 0.6) is 5.75 Å². The molecule has 0 spiro atoms. The average Bonchev–Trinajstić information content (AvgIpc) is 3.46. The molecular formula is C27H34N7O2P. The van der Waals surface area contributed by atoms with Crippen molar-refractivity contribution < 1.29 is 9.30 Å². The molecule has 2 aromatic heterocycles. The van der Waals surface area contributed by atoms with Crippen molar-refractivity contribution in [1.82, 2.24) is 19.9 Å². The highest BCUT2D eigenvalue weighted by molar-refractivity contribution is 7.71. The van der Waals surface area contributed by atoms with E-state index in [0.717, 1.165) is 37.3 Å². The van der Waals surface area contributed by atoms with Crippen LogP contribution in [-0.4, -0.2) is 65.0 Å². The van der Waals surface area contributed by atoms with Gasteiger partial charge < -0.3 is 24.9 Å². The lowest BCUT2D eigenvalue weighted by atomic mass is 10.1. The summed E-state index contributed by atoms with van der Waals surface area (Å²) in [6.45, 7) is 2.65. The number of nitrogens with zero attached hydrogens (tertiary/aromatic N) is 4. The zero-order valence-corrected chi connectivity index (χ0v) is 22.2. The van der Waals surface area contributed by atoms with Gasteiger partial charge in [-0.1, -0.05) is 12.8 Å². The van der Waals surface area contributed by atoms with E-state index < -0.39 is 7.14 Å². The first-order valence-corrected chi connectivity index (χ1v) is 15.4. The molecule has 0 radical (unpaired) electrons. The summed E-state index contributed by atoms with van der Waals surface area (Å²) >= 11 is 0. The van der Waals surface area contributed by atoms with Gasteiger partial charge in [0.1, 0.15) is 30.4 Å². The highest BCUT2D eigenvalue weighted by atomic mass is 31.2. The molecule has 0 amide bonds. The largest absolute Gasteiger partial charge is 0.495 e. The van der Waals surface area contributed by atoms with Crippen molar-refractivity contribution in [2.45, 2.75) is 44.6 Å². The molecule has 194 valence electrons. The van der Waals surface area contributed by atoms with Gasteiger partial charge in [0.2, 0.25) is 5.95 Å². The smallest absolute Gasteiger partial charge is 0.231 e. The molecule has 3 N–H and O–H groups in total. The van der Waals surface area contributed by atoms with E-state index in [1.54, 1.807) is 13.3 Å². The number of rotatable bonds is 8. The number of fused-ring (bicyclic) bond motifs is 1. The van der Waals surface area contributed by atoms with E-state index in [0.29, 0.717) is 51.8 Å². The highest BCUT2D eigenvalue weighted by Crippen LogP contribution is 2.49. The summed E-state index contributed by atoms with van der Waals surface area (Å²) in [4.78, 5) is 15.0. The molecule has 2 saturated carbocycles. The first kappa shape index (κ1) is 24.3. The second kappa shape index (κ2) is 10.00. The maximum Gasteiger partial charge on any atom is 0.231 e. The van der Waals surface area contributed by atoms with Crippen LogP contribution in [-0.2, 0) is 4.57 Å².